The lowest BCUT2D eigenvalue weighted by Gasteiger charge is -2.22. The molecule has 4 rings (SSSR count). The predicted molar refractivity (Wildman–Crippen MR) is 114 cm³/mol. The molecule has 0 fully saturated rings. The molecule has 156 valence electrons. The number of fused-ring (bicyclic) bond motifs is 1. The van der Waals surface area contributed by atoms with Crippen LogP contribution >= 0.6 is 0 Å². The molecular weight excluding hydrogens is 394 g/mol. The van der Waals surface area contributed by atoms with Crippen molar-refractivity contribution < 1.29 is 9.53 Å². The van der Waals surface area contributed by atoms with Crippen LogP contribution in [0.5, 0.6) is 5.75 Å². The summed E-state index contributed by atoms with van der Waals surface area (Å²) in [7, 11) is 0. The predicted octanol–water partition coefficient (Wildman–Crippen LogP) is 3.91. The van der Waals surface area contributed by atoms with Crippen molar-refractivity contribution in [3.05, 3.63) is 60.3 Å². The third kappa shape index (κ3) is 3.83. The van der Waals surface area contributed by atoms with Gasteiger partial charge in [0.25, 0.3) is 0 Å². The topological polar surface area (TPSA) is 136 Å². The highest BCUT2D eigenvalue weighted by Gasteiger charge is 2.24. The van der Waals surface area contributed by atoms with E-state index in [1.54, 1.807) is 23.0 Å². The largest absolute Gasteiger partial charge is 0.410 e. The van der Waals surface area contributed by atoms with Crippen LogP contribution in [0.15, 0.2) is 49.2 Å². The monoisotopic (exact) mass is 415 g/mol. The van der Waals surface area contributed by atoms with Crippen LogP contribution in [-0.4, -0.2) is 30.8 Å². The molecule has 1 atom stereocenters. The Morgan fingerprint density at radius 1 is 1.32 bits per heavy atom. The van der Waals surface area contributed by atoms with Crippen molar-refractivity contribution in [2.24, 2.45) is 5.73 Å². The molecule has 1 aromatic carbocycles. The Kier molecular flexibility index (Phi) is 5.37. The number of aromatic nitrogens is 5. The lowest BCUT2D eigenvalue weighted by molar-refractivity contribution is 0.210. The number of ether oxygens (including phenoxy) is 1. The summed E-state index contributed by atoms with van der Waals surface area (Å²) in [5.74, 6) is 0.420. The van der Waals surface area contributed by atoms with Crippen LogP contribution in [-0.2, 0) is 0 Å². The van der Waals surface area contributed by atoms with Crippen LogP contribution in [0.3, 0.4) is 0 Å². The summed E-state index contributed by atoms with van der Waals surface area (Å²) in [4.78, 5) is 23.1. The minimum Gasteiger partial charge on any atom is -0.410 e. The number of nitrogens with two attached hydrogens (primary N) is 1. The summed E-state index contributed by atoms with van der Waals surface area (Å²) in [6.45, 7) is 3.99. The molecule has 0 saturated heterocycles. The Bertz CT molecular complexity index is 1280. The number of carbonyl (C=O) groups excluding carboxylic acids is 1. The Morgan fingerprint density at radius 3 is 2.90 bits per heavy atom. The van der Waals surface area contributed by atoms with Crippen LogP contribution in [0.25, 0.3) is 22.3 Å². The van der Waals surface area contributed by atoms with Crippen LogP contribution in [0.4, 0.5) is 4.79 Å². The molecule has 0 radical (unpaired) electrons. The number of aromatic amines is 1. The van der Waals surface area contributed by atoms with Crippen LogP contribution in [0.2, 0.25) is 0 Å². The number of hydrogen-bond acceptors (Lipinski definition) is 6. The third-order valence-corrected chi connectivity index (χ3v) is 5.08. The number of carbonyl (C=O) groups is 1. The second-order valence-corrected chi connectivity index (χ2v) is 7.38. The highest BCUT2D eigenvalue weighted by atomic mass is 16.5. The van der Waals surface area contributed by atoms with Crippen molar-refractivity contribution in [1.82, 2.24) is 24.7 Å². The summed E-state index contributed by atoms with van der Waals surface area (Å²) < 4.78 is 6.98. The van der Waals surface area contributed by atoms with Gasteiger partial charge in [0, 0.05) is 28.9 Å². The van der Waals surface area contributed by atoms with Gasteiger partial charge in [0.2, 0.25) is 0 Å². The molecule has 0 bridgehead atoms. The zero-order valence-corrected chi connectivity index (χ0v) is 17.1. The van der Waals surface area contributed by atoms with Crippen molar-refractivity contribution in [2.45, 2.75) is 32.2 Å². The standard InChI is InChI=1S/C22H21N7O2/c1-13(2)19-15(4-3-5-18(19)31-22(24)30)17(6-8-23)29-11-14(10-28-29)20-16-7-9-25-21(16)27-12-26-20/h3-5,7,9-13,17H,6H2,1-2H3,(H2,24,30)(H,25,26,27). The Labute approximate surface area is 178 Å². The normalized spacial score (nSPS) is 12.1. The molecule has 3 aromatic heterocycles. The first-order valence-corrected chi connectivity index (χ1v) is 9.79. The van der Waals surface area contributed by atoms with Crippen molar-refractivity contribution in [2.75, 3.05) is 0 Å². The molecule has 3 N–H and O–H groups in total. The van der Waals surface area contributed by atoms with Gasteiger partial charge in [0.15, 0.2) is 0 Å². The van der Waals surface area contributed by atoms with E-state index in [0.29, 0.717) is 5.75 Å². The van der Waals surface area contributed by atoms with Gasteiger partial charge in [-0.15, -0.1) is 0 Å². The van der Waals surface area contributed by atoms with Crippen LogP contribution in [0, 0.1) is 11.3 Å². The molecule has 0 aliphatic carbocycles. The average molecular weight is 415 g/mol. The van der Waals surface area contributed by atoms with Crippen LogP contribution in [0.1, 0.15) is 43.4 Å². The first-order valence-electron chi connectivity index (χ1n) is 9.79. The van der Waals surface area contributed by atoms with Crippen molar-refractivity contribution in [3.63, 3.8) is 0 Å². The highest BCUT2D eigenvalue weighted by Crippen LogP contribution is 2.36. The fraction of sp³-hybridized carbons (Fsp3) is 0.227. The van der Waals surface area contributed by atoms with E-state index < -0.39 is 6.09 Å². The second-order valence-electron chi connectivity index (χ2n) is 7.38. The number of amides is 1. The summed E-state index contributed by atoms with van der Waals surface area (Å²) in [5.41, 5.74) is 9.21. The van der Waals surface area contributed by atoms with E-state index in [4.69, 9.17) is 10.5 Å². The molecule has 3 heterocycles. The van der Waals surface area contributed by atoms with E-state index in [1.165, 1.54) is 6.33 Å². The maximum atomic E-state index is 11.4. The molecule has 0 aliphatic heterocycles. The van der Waals surface area contributed by atoms with Crippen molar-refractivity contribution >= 4 is 17.1 Å². The zero-order valence-electron chi connectivity index (χ0n) is 17.1. The molecule has 0 saturated carbocycles. The molecule has 31 heavy (non-hydrogen) atoms. The number of primary amides is 1. The minimum absolute atomic E-state index is 0.0307. The zero-order chi connectivity index (χ0) is 22.0. The molecule has 4 aromatic rings. The lowest BCUT2D eigenvalue weighted by Crippen LogP contribution is -2.19. The molecule has 0 spiro atoms. The highest BCUT2D eigenvalue weighted by molar-refractivity contribution is 5.90. The van der Waals surface area contributed by atoms with Crippen LogP contribution < -0.4 is 10.5 Å². The summed E-state index contributed by atoms with van der Waals surface area (Å²) >= 11 is 0. The quantitative estimate of drug-likeness (QED) is 0.490. The second kappa shape index (κ2) is 8.28. The van der Waals surface area contributed by atoms with Gasteiger partial charge in [-0.2, -0.15) is 10.4 Å². The number of H-pyrrole nitrogens is 1. The summed E-state index contributed by atoms with van der Waals surface area (Å²) in [5, 5.41) is 14.9. The lowest BCUT2D eigenvalue weighted by atomic mass is 9.90. The van der Waals surface area contributed by atoms with Gasteiger partial charge in [-0.3, -0.25) is 4.68 Å². The smallest absolute Gasteiger partial charge is 0.409 e. The summed E-state index contributed by atoms with van der Waals surface area (Å²) in [6.07, 6.45) is 6.20. The van der Waals surface area contributed by atoms with E-state index in [2.05, 4.69) is 26.1 Å². The van der Waals surface area contributed by atoms with Gasteiger partial charge in [0.05, 0.1) is 30.4 Å². The first kappa shape index (κ1) is 20.1. The van der Waals surface area contributed by atoms with E-state index in [-0.39, 0.29) is 18.4 Å². The number of nitrogens with zero attached hydrogens (tertiary/aromatic N) is 5. The van der Waals surface area contributed by atoms with E-state index in [9.17, 15) is 10.1 Å². The minimum atomic E-state index is -0.878. The van der Waals surface area contributed by atoms with Gasteiger partial charge in [-0.25, -0.2) is 14.8 Å². The number of nitrogens with one attached hydrogen (secondary N) is 1. The average Bonchev–Trinajstić information content (AvgIpc) is 3.40. The molecule has 1 unspecified atom stereocenters. The van der Waals surface area contributed by atoms with Crippen molar-refractivity contribution in [3.8, 4) is 23.1 Å². The van der Waals surface area contributed by atoms with E-state index >= 15 is 0 Å². The Balaban J connectivity index is 1.80. The van der Waals surface area contributed by atoms with Crippen molar-refractivity contribution in [1.29, 1.82) is 5.26 Å². The molecule has 1 amide bonds. The number of rotatable bonds is 6. The van der Waals surface area contributed by atoms with Gasteiger partial charge in [-0.05, 0) is 23.6 Å². The number of benzene rings is 1. The fourth-order valence-electron chi connectivity index (χ4n) is 3.83. The van der Waals surface area contributed by atoms with Gasteiger partial charge in [0.1, 0.15) is 17.7 Å². The Morgan fingerprint density at radius 2 is 2.16 bits per heavy atom. The first-order chi connectivity index (χ1) is 15.0. The van der Waals surface area contributed by atoms with E-state index in [0.717, 1.165) is 33.4 Å². The van der Waals surface area contributed by atoms with Gasteiger partial charge in [-0.1, -0.05) is 26.0 Å². The maximum absolute atomic E-state index is 11.4. The van der Waals surface area contributed by atoms with Gasteiger partial charge >= 0.3 is 6.09 Å². The SMILES string of the molecule is CC(C)c1c(OC(N)=O)cccc1C(CC#N)n1cc(-c2ncnc3[nH]ccc23)cn1. The summed E-state index contributed by atoms with van der Waals surface area (Å²) in [6, 6.07) is 9.17. The molecule has 9 heteroatoms. The number of hydrogen-bond donors (Lipinski definition) is 2. The van der Waals surface area contributed by atoms with Gasteiger partial charge < -0.3 is 15.5 Å². The number of nitriles is 1. The van der Waals surface area contributed by atoms with E-state index in [1.807, 2.05) is 38.4 Å². The molecule has 9 nitrogen and oxygen atoms in total. The fourth-order valence-corrected chi connectivity index (χ4v) is 3.83. The molecule has 0 aliphatic rings. The molecular formula is C22H21N7O2. The maximum Gasteiger partial charge on any atom is 0.409 e. The third-order valence-electron chi connectivity index (χ3n) is 5.08. The Hall–Kier alpha value is -4.19.